The molecule has 0 saturated carbocycles. The van der Waals surface area contributed by atoms with E-state index in [2.05, 4.69) is 58.2 Å². The standard InChI is InChI=1S/C22H33ClN6O/c1-16(2)13-21(22-24-25-26-29(22)15-19-5-4-12-30-19)28-10-8-27(9-11-28)20-14-18(23)7-6-17(20)3/h6-7,14,16,19,21H,4-5,8-13,15H2,1-3H3/t19-,21-/m1/s1. The minimum Gasteiger partial charge on any atom is -0.376 e. The van der Waals surface area contributed by atoms with Crippen molar-refractivity contribution in [2.45, 2.75) is 58.7 Å². The van der Waals surface area contributed by atoms with Gasteiger partial charge in [-0.1, -0.05) is 31.5 Å². The minimum absolute atomic E-state index is 0.226. The second-order valence-corrected chi connectivity index (χ2v) is 9.39. The van der Waals surface area contributed by atoms with E-state index >= 15 is 0 Å². The molecular weight excluding hydrogens is 400 g/mol. The van der Waals surface area contributed by atoms with Gasteiger partial charge in [-0.2, -0.15) is 0 Å². The van der Waals surface area contributed by atoms with Gasteiger partial charge in [-0.25, -0.2) is 4.68 Å². The highest BCUT2D eigenvalue weighted by molar-refractivity contribution is 6.30. The molecule has 1 aromatic carbocycles. The molecule has 30 heavy (non-hydrogen) atoms. The zero-order valence-corrected chi connectivity index (χ0v) is 19.1. The maximum absolute atomic E-state index is 6.25. The van der Waals surface area contributed by atoms with E-state index in [-0.39, 0.29) is 12.1 Å². The fourth-order valence-electron chi connectivity index (χ4n) is 4.62. The van der Waals surface area contributed by atoms with Crippen LogP contribution in [-0.2, 0) is 11.3 Å². The average molecular weight is 433 g/mol. The molecule has 0 aliphatic carbocycles. The molecule has 2 aliphatic rings. The number of rotatable bonds is 7. The predicted molar refractivity (Wildman–Crippen MR) is 119 cm³/mol. The molecule has 0 spiro atoms. The first-order chi connectivity index (χ1) is 14.5. The Labute approximate surface area is 184 Å². The zero-order chi connectivity index (χ0) is 21.1. The molecule has 0 amide bonds. The summed E-state index contributed by atoms with van der Waals surface area (Å²) in [5, 5.41) is 13.6. The van der Waals surface area contributed by atoms with Crippen LogP contribution in [0.4, 0.5) is 5.69 Å². The lowest BCUT2D eigenvalue weighted by atomic mass is 10.0. The average Bonchev–Trinajstić information content (AvgIpc) is 3.41. The van der Waals surface area contributed by atoms with Gasteiger partial charge in [0.2, 0.25) is 0 Å². The first kappa shape index (κ1) is 21.5. The third kappa shape index (κ3) is 4.95. The summed E-state index contributed by atoms with van der Waals surface area (Å²) in [5.74, 6) is 1.54. The fourth-order valence-corrected chi connectivity index (χ4v) is 4.79. The van der Waals surface area contributed by atoms with Crippen molar-refractivity contribution in [2.24, 2.45) is 5.92 Å². The lowest BCUT2D eigenvalue weighted by molar-refractivity contribution is 0.0885. The minimum atomic E-state index is 0.226. The molecule has 164 valence electrons. The van der Waals surface area contributed by atoms with E-state index in [1.54, 1.807) is 0 Å². The highest BCUT2D eigenvalue weighted by Gasteiger charge is 2.31. The predicted octanol–water partition coefficient (Wildman–Crippen LogP) is 3.72. The van der Waals surface area contributed by atoms with Gasteiger partial charge in [0.15, 0.2) is 5.82 Å². The largest absolute Gasteiger partial charge is 0.376 e. The van der Waals surface area contributed by atoms with Crippen molar-refractivity contribution < 1.29 is 4.74 Å². The molecule has 0 N–H and O–H groups in total. The van der Waals surface area contributed by atoms with Gasteiger partial charge in [-0.3, -0.25) is 4.90 Å². The summed E-state index contributed by atoms with van der Waals surface area (Å²) in [7, 11) is 0. The van der Waals surface area contributed by atoms with Crippen LogP contribution in [0.1, 0.15) is 50.5 Å². The second kappa shape index (κ2) is 9.62. The summed E-state index contributed by atoms with van der Waals surface area (Å²) in [5.41, 5.74) is 2.51. The van der Waals surface area contributed by atoms with Crippen molar-refractivity contribution in [2.75, 3.05) is 37.7 Å². The number of ether oxygens (including phenoxy) is 1. The lowest BCUT2D eigenvalue weighted by Crippen LogP contribution is -2.48. The quantitative estimate of drug-likeness (QED) is 0.664. The number of halogens is 1. The van der Waals surface area contributed by atoms with Crippen molar-refractivity contribution in [1.29, 1.82) is 0 Å². The van der Waals surface area contributed by atoms with Gasteiger partial charge in [0, 0.05) is 43.5 Å². The Morgan fingerprint density at radius 1 is 1.20 bits per heavy atom. The Bertz CT molecular complexity index is 827. The fraction of sp³-hybridized carbons (Fsp3) is 0.682. The van der Waals surface area contributed by atoms with Crippen molar-refractivity contribution in [3.05, 3.63) is 34.6 Å². The van der Waals surface area contributed by atoms with Crippen molar-refractivity contribution >= 4 is 17.3 Å². The van der Waals surface area contributed by atoms with E-state index in [0.717, 1.165) is 69.4 Å². The summed E-state index contributed by atoms with van der Waals surface area (Å²) in [6.45, 7) is 12.2. The molecule has 7 nitrogen and oxygen atoms in total. The van der Waals surface area contributed by atoms with E-state index in [1.807, 2.05) is 10.7 Å². The number of anilines is 1. The van der Waals surface area contributed by atoms with Crippen LogP contribution in [-0.4, -0.2) is 64.0 Å². The molecule has 2 saturated heterocycles. The van der Waals surface area contributed by atoms with Gasteiger partial charge in [-0.05, 0) is 60.2 Å². The topological polar surface area (TPSA) is 59.3 Å². The molecular formula is C22H33ClN6O. The second-order valence-electron chi connectivity index (χ2n) is 8.95. The number of nitrogens with zero attached hydrogens (tertiary/aromatic N) is 6. The van der Waals surface area contributed by atoms with Crippen LogP contribution in [0.2, 0.25) is 5.02 Å². The zero-order valence-electron chi connectivity index (χ0n) is 18.3. The lowest BCUT2D eigenvalue weighted by Gasteiger charge is -2.40. The van der Waals surface area contributed by atoms with Crippen molar-refractivity contribution in [1.82, 2.24) is 25.1 Å². The van der Waals surface area contributed by atoms with Gasteiger partial charge in [0.1, 0.15) is 0 Å². The van der Waals surface area contributed by atoms with Crippen LogP contribution in [0, 0.1) is 12.8 Å². The Morgan fingerprint density at radius 3 is 2.70 bits per heavy atom. The molecule has 8 heteroatoms. The molecule has 0 unspecified atom stereocenters. The number of hydrogen-bond donors (Lipinski definition) is 0. The SMILES string of the molecule is Cc1ccc(Cl)cc1N1CCN([C@H](CC(C)C)c2nnnn2C[C@H]2CCCO2)CC1. The highest BCUT2D eigenvalue weighted by atomic mass is 35.5. The van der Waals surface area contributed by atoms with Crippen LogP contribution in [0.15, 0.2) is 18.2 Å². The van der Waals surface area contributed by atoms with Gasteiger partial charge < -0.3 is 9.64 Å². The van der Waals surface area contributed by atoms with Crippen molar-refractivity contribution in [3.63, 3.8) is 0 Å². The maximum atomic E-state index is 6.25. The number of hydrogen-bond acceptors (Lipinski definition) is 6. The summed E-state index contributed by atoms with van der Waals surface area (Å²) < 4.78 is 7.81. The third-order valence-electron chi connectivity index (χ3n) is 6.22. The van der Waals surface area contributed by atoms with Gasteiger partial charge in [0.05, 0.1) is 18.7 Å². The Kier molecular flexibility index (Phi) is 6.91. The first-order valence-corrected chi connectivity index (χ1v) is 11.5. The van der Waals surface area contributed by atoms with Gasteiger partial charge >= 0.3 is 0 Å². The molecule has 0 radical (unpaired) electrons. The summed E-state index contributed by atoms with van der Waals surface area (Å²) in [6, 6.07) is 6.37. The van der Waals surface area contributed by atoms with Gasteiger partial charge in [-0.15, -0.1) is 5.10 Å². The number of piperazine rings is 1. The monoisotopic (exact) mass is 432 g/mol. The molecule has 0 bridgehead atoms. The Morgan fingerprint density at radius 2 is 2.00 bits per heavy atom. The number of aryl methyl sites for hydroxylation is 1. The number of aromatic nitrogens is 4. The van der Waals surface area contributed by atoms with Crippen LogP contribution >= 0.6 is 11.6 Å². The van der Waals surface area contributed by atoms with E-state index in [4.69, 9.17) is 16.3 Å². The molecule has 2 aliphatic heterocycles. The molecule has 2 fully saturated rings. The van der Waals surface area contributed by atoms with E-state index in [0.29, 0.717) is 5.92 Å². The van der Waals surface area contributed by atoms with Crippen LogP contribution in [0.25, 0.3) is 0 Å². The van der Waals surface area contributed by atoms with Crippen LogP contribution in [0.5, 0.6) is 0 Å². The van der Waals surface area contributed by atoms with Crippen LogP contribution < -0.4 is 4.90 Å². The number of tetrazole rings is 1. The summed E-state index contributed by atoms with van der Waals surface area (Å²) >= 11 is 6.25. The van der Waals surface area contributed by atoms with Crippen LogP contribution in [0.3, 0.4) is 0 Å². The summed E-state index contributed by atoms with van der Waals surface area (Å²) in [4.78, 5) is 4.99. The molecule has 3 heterocycles. The van der Waals surface area contributed by atoms with E-state index in [1.165, 1.54) is 11.3 Å². The smallest absolute Gasteiger partial charge is 0.168 e. The van der Waals surface area contributed by atoms with E-state index < -0.39 is 0 Å². The molecule has 2 aromatic rings. The first-order valence-electron chi connectivity index (χ1n) is 11.1. The van der Waals surface area contributed by atoms with Gasteiger partial charge in [0.25, 0.3) is 0 Å². The van der Waals surface area contributed by atoms with Crippen molar-refractivity contribution in [3.8, 4) is 0 Å². The molecule has 1 aromatic heterocycles. The Hall–Kier alpha value is -1.70. The highest BCUT2D eigenvalue weighted by Crippen LogP contribution is 2.30. The Balaban J connectivity index is 1.48. The van der Waals surface area contributed by atoms with E-state index in [9.17, 15) is 0 Å². The molecule has 4 rings (SSSR count). The number of benzene rings is 1. The third-order valence-corrected chi connectivity index (χ3v) is 6.45. The summed E-state index contributed by atoms with van der Waals surface area (Å²) in [6.07, 6.45) is 3.49. The maximum Gasteiger partial charge on any atom is 0.168 e. The molecule has 2 atom stereocenters. The normalized spacial score (nSPS) is 21.5.